The van der Waals surface area contributed by atoms with Crippen LogP contribution >= 0.6 is 0 Å². The van der Waals surface area contributed by atoms with Gasteiger partial charge in [-0.3, -0.25) is 0 Å². The third-order valence-electron chi connectivity index (χ3n) is 3.44. The fourth-order valence-corrected chi connectivity index (χ4v) is 2.87. The number of aryl methyl sites for hydroxylation is 3. The minimum atomic E-state index is 0.584. The zero-order chi connectivity index (χ0) is 11.0. The summed E-state index contributed by atoms with van der Waals surface area (Å²) in [6.45, 7) is 10.1. The van der Waals surface area contributed by atoms with Crippen molar-refractivity contribution in [2.75, 3.05) is 6.54 Å². The quantitative estimate of drug-likeness (QED) is 0.738. The molecule has 1 N–H and O–H groups in total. The van der Waals surface area contributed by atoms with E-state index in [1.54, 1.807) is 0 Å². The molecule has 2 unspecified atom stereocenters. The SMILES string of the molecule is Cc1cc(C)c(C2CC(C)CN2)c(C)c1. The maximum absolute atomic E-state index is 3.62. The lowest BCUT2D eigenvalue weighted by atomic mass is 9.92. The van der Waals surface area contributed by atoms with Crippen molar-refractivity contribution < 1.29 is 0 Å². The lowest BCUT2D eigenvalue weighted by molar-refractivity contribution is 0.607. The number of hydrogen-bond acceptors (Lipinski definition) is 1. The summed E-state index contributed by atoms with van der Waals surface area (Å²) in [5.74, 6) is 0.815. The first-order valence-corrected chi connectivity index (χ1v) is 5.89. The second-order valence-corrected chi connectivity index (χ2v) is 5.11. The standard InChI is InChI=1S/C14H21N/c1-9-5-11(3)14(12(4)6-9)13-7-10(2)8-15-13/h5-6,10,13,15H,7-8H2,1-4H3. The second-order valence-electron chi connectivity index (χ2n) is 5.11. The molecule has 0 spiro atoms. The van der Waals surface area contributed by atoms with Gasteiger partial charge in [-0.15, -0.1) is 0 Å². The number of hydrogen-bond donors (Lipinski definition) is 1. The van der Waals surface area contributed by atoms with Crippen molar-refractivity contribution in [3.8, 4) is 0 Å². The van der Waals surface area contributed by atoms with Crippen LogP contribution in [0.15, 0.2) is 12.1 Å². The van der Waals surface area contributed by atoms with Crippen LogP contribution in [-0.2, 0) is 0 Å². The highest BCUT2D eigenvalue weighted by molar-refractivity contribution is 5.40. The van der Waals surface area contributed by atoms with E-state index < -0.39 is 0 Å². The molecule has 82 valence electrons. The van der Waals surface area contributed by atoms with Crippen LogP contribution in [0.2, 0.25) is 0 Å². The van der Waals surface area contributed by atoms with Gasteiger partial charge in [0, 0.05) is 6.04 Å². The first-order chi connectivity index (χ1) is 7.08. The van der Waals surface area contributed by atoms with Crippen molar-refractivity contribution in [2.24, 2.45) is 5.92 Å². The van der Waals surface area contributed by atoms with E-state index in [0.29, 0.717) is 6.04 Å². The van der Waals surface area contributed by atoms with Gasteiger partial charge in [0.15, 0.2) is 0 Å². The maximum Gasteiger partial charge on any atom is 0.0328 e. The van der Waals surface area contributed by atoms with E-state index in [1.807, 2.05) is 0 Å². The van der Waals surface area contributed by atoms with Gasteiger partial charge in [0.1, 0.15) is 0 Å². The Labute approximate surface area is 92.9 Å². The predicted molar refractivity (Wildman–Crippen MR) is 65.2 cm³/mol. The van der Waals surface area contributed by atoms with Crippen molar-refractivity contribution in [2.45, 2.75) is 40.2 Å². The van der Waals surface area contributed by atoms with Crippen molar-refractivity contribution in [3.05, 3.63) is 34.4 Å². The van der Waals surface area contributed by atoms with E-state index >= 15 is 0 Å². The summed E-state index contributed by atoms with van der Waals surface area (Å²) in [5, 5.41) is 3.62. The molecule has 0 aliphatic carbocycles. The molecule has 1 heterocycles. The fraction of sp³-hybridized carbons (Fsp3) is 0.571. The molecule has 1 aliphatic rings. The Morgan fingerprint density at radius 1 is 1.13 bits per heavy atom. The highest BCUT2D eigenvalue weighted by atomic mass is 14.9. The fourth-order valence-electron chi connectivity index (χ4n) is 2.87. The van der Waals surface area contributed by atoms with Gasteiger partial charge in [-0.1, -0.05) is 24.6 Å². The summed E-state index contributed by atoms with van der Waals surface area (Å²) >= 11 is 0. The number of benzene rings is 1. The molecule has 1 nitrogen and oxygen atoms in total. The van der Waals surface area contributed by atoms with Crippen LogP contribution in [0.25, 0.3) is 0 Å². The maximum atomic E-state index is 3.62. The van der Waals surface area contributed by atoms with Crippen molar-refractivity contribution in [1.29, 1.82) is 0 Å². The van der Waals surface area contributed by atoms with Gasteiger partial charge in [0.25, 0.3) is 0 Å². The highest BCUT2D eigenvalue weighted by Gasteiger charge is 2.24. The Kier molecular flexibility index (Phi) is 2.83. The lowest BCUT2D eigenvalue weighted by Gasteiger charge is -2.18. The Bertz CT molecular complexity index is 345. The molecule has 2 atom stereocenters. The van der Waals surface area contributed by atoms with Gasteiger partial charge in [0.05, 0.1) is 0 Å². The predicted octanol–water partition coefficient (Wildman–Crippen LogP) is 3.28. The zero-order valence-electron chi connectivity index (χ0n) is 10.2. The average molecular weight is 203 g/mol. The summed E-state index contributed by atoms with van der Waals surface area (Å²) in [6.07, 6.45) is 1.28. The smallest absolute Gasteiger partial charge is 0.0328 e. The minimum absolute atomic E-state index is 0.584. The molecule has 1 heteroatoms. The molecule has 0 radical (unpaired) electrons. The van der Waals surface area contributed by atoms with Crippen LogP contribution in [0, 0.1) is 26.7 Å². The Morgan fingerprint density at radius 2 is 1.73 bits per heavy atom. The third kappa shape index (κ3) is 2.07. The van der Waals surface area contributed by atoms with Gasteiger partial charge >= 0.3 is 0 Å². The summed E-state index contributed by atoms with van der Waals surface area (Å²) in [7, 11) is 0. The molecule has 0 aromatic heterocycles. The second kappa shape index (κ2) is 3.97. The molecular weight excluding hydrogens is 182 g/mol. The van der Waals surface area contributed by atoms with E-state index in [9.17, 15) is 0 Å². The first kappa shape index (κ1) is 10.7. The van der Waals surface area contributed by atoms with E-state index in [4.69, 9.17) is 0 Å². The summed E-state index contributed by atoms with van der Waals surface area (Å²) in [4.78, 5) is 0. The third-order valence-corrected chi connectivity index (χ3v) is 3.44. The largest absolute Gasteiger partial charge is 0.310 e. The average Bonchev–Trinajstić information content (AvgIpc) is 2.49. The van der Waals surface area contributed by atoms with E-state index in [0.717, 1.165) is 12.5 Å². The van der Waals surface area contributed by atoms with Crippen LogP contribution in [0.4, 0.5) is 0 Å². The van der Waals surface area contributed by atoms with E-state index in [2.05, 4.69) is 45.1 Å². The zero-order valence-corrected chi connectivity index (χ0v) is 10.2. The topological polar surface area (TPSA) is 12.0 Å². The van der Waals surface area contributed by atoms with Crippen molar-refractivity contribution in [1.82, 2.24) is 5.32 Å². The minimum Gasteiger partial charge on any atom is -0.310 e. The Balaban J connectivity index is 2.35. The molecule has 1 aromatic carbocycles. The number of nitrogens with one attached hydrogen (secondary N) is 1. The monoisotopic (exact) mass is 203 g/mol. The Morgan fingerprint density at radius 3 is 2.20 bits per heavy atom. The molecule has 2 rings (SSSR count). The molecule has 1 aromatic rings. The van der Waals surface area contributed by atoms with Crippen molar-refractivity contribution >= 4 is 0 Å². The lowest BCUT2D eigenvalue weighted by Crippen LogP contribution is -2.15. The normalized spacial score (nSPS) is 25.9. The van der Waals surface area contributed by atoms with Crippen LogP contribution in [0.1, 0.15) is 41.6 Å². The summed E-state index contributed by atoms with van der Waals surface area (Å²) in [6, 6.07) is 5.18. The van der Waals surface area contributed by atoms with Crippen LogP contribution in [0.3, 0.4) is 0 Å². The summed E-state index contributed by atoms with van der Waals surface area (Å²) < 4.78 is 0. The molecule has 1 saturated heterocycles. The van der Waals surface area contributed by atoms with Gasteiger partial charge in [-0.05, 0) is 56.3 Å². The molecule has 15 heavy (non-hydrogen) atoms. The molecule has 0 bridgehead atoms. The number of rotatable bonds is 1. The highest BCUT2D eigenvalue weighted by Crippen LogP contribution is 2.31. The van der Waals surface area contributed by atoms with E-state index in [1.165, 1.54) is 28.7 Å². The summed E-state index contributed by atoms with van der Waals surface area (Å²) in [5.41, 5.74) is 5.79. The van der Waals surface area contributed by atoms with Gasteiger partial charge in [-0.2, -0.15) is 0 Å². The molecule has 1 aliphatic heterocycles. The van der Waals surface area contributed by atoms with Crippen LogP contribution in [-0.4, -0.2) is 6.54 Å². The van der Waals surface area contributed by atoms with Crippen molar-refractivity contribution in [3.63, 3.8) is 0 Å². The Hall–Kier alpha value is -0.820. The molecular formula is C14H21N. The first-order valence-electron chi connectivity index (χ1n) is 5.89. The molecule has 0 amide bonds. The van der Waals surface area contributed by atoms with Crippen LogP contribution in [0.5, 0.6) is 0 Å². The van der Waals surface area contributed by atoms with E-state index in [-0.39, 0.29) is 0 Å². The van der Waals surface area contributed by atoms with Gasteiger partial charge in [0.2, 0.25) is 0 Å². The van der Waals surface area contributed by atoms with Gasteiger partial charge in [-0.25, -0.2) is 0 Å². The molecule has 0 saturated carbocycles. The molecule has 1 fully saturated rings. The van der Waals surface area contributed by atoms with Gasteiger partial charge < -0.3 is 5.32 Å². The van der Waals surface area contributed by atoms with Crippen LogP contribution < -0.4 is 5.32 Å².